The molecule has 13 nitrogen and oxygen atoms in total. The van der Waals surface area contributed by atoms with Crippen molar-refractivity contribution in [3.05, 3.63) is 190 Å². The molecule has 0 unspecified atom stereocenters. The number of ether oxygens (including phenoxy) is 7. The summed E-state index contributed by atoms with van der Waals surface area (Å²) in [4.78, 5) is 46.1. The van der Waals surface area contributed by atoms with Crippen molar-refractivity contribution in [2.75, 3.05) is 0 Å². The first-order valence-corrected chi connectivity index (χ1v) is 27.0. The molecule has 2 N–H and O–H groups in total. The maximum atomic E-state index is 12.0. The van der Waals surface area contributed by atoms with Gasteiger partial charge in [-0.05, 0) is 176 Å². The molecule has 0 amide bonds. The van der Waals surface area contributed by atoms with Crippen LogP contribution < -0.4 is 9.47 Å². The quantitative estimate of drug-likeness (QED) is 0.0575. The number of carbonyl (C=O) groups excluding carboxylic acids is 4. The van der Waals surface area contributed by atoms with Gasteiger partial charge in [0.1, 0.15) is 45.4 Å². The fourth-order valence-corrected chi connectivity index (χ4v) is 8.24. The number of rotatable bonds is 10. The van der Waals surface area contributed by atoms with Crippen LogP contribution in [0.1, 0.15) is 183 Å². The van der Waals surface area contributed by atoms with Gasteiger partial charge in [0.15, 0.2) is 0 Å². The highest BCUT2D eigenvalue weighted by molar-refractivity contribution is 5.77. The van der Waals surface area contributed by atoms with Gasteiger partial charge >= 0.3 is 24.6 Å². The van der Waals surface area contributed by atoms with Crippen LogP contribution in [0, 0.1) is 0 Å². The molecule has 0 spiro atoms. The molecule has 0 aliphatic carbocycles. The van der Waals surface area contributed by atoms with Crippen molar-refractivity contribution >= 4 is 24.6 Å². The van der Waals surface area contributed by atoms with Crippen LogP contribution >= 0.6 is 0 Å². The SMILES string of the molecule is CC(C)(C)OC(=O)OC(=O)OC(C)(C)C.CC(C)(C)OC(=O)Oc1ccc(C(C)(C)c2cccc(C(C)(C)c3ccc(OC(=O)OC(C)(C)C)cc3)c2)cc1.CC(C)(c1ccc(O)cc1)c1cccc(C(C)(C)c2ccc(O)cc2)c1. The van der Waals surface area contributed by atoms with Crippen LogP contribution in [0.25, 0.3) is 0 Å². The molecule has 81 heavy (non-hydrogen) atoms. The predicted molar refractivity (Wildman–Crippen MR) is 318 cm³/mol. The van der Waals surface area contributed by atoms with E-state index in [4.69, 9.17) is 28.4 Å². The lowest BCUT2D eigenvalue weighted by atomic mass is 9.73. The van der Waals surface area contributed by atoms with Gasteiger partial charge in [0.25, 0.3) is 0 Å². The highest BCUT2D eigenvalue weighted by Gasteiger charge is 2.31. The van der Waals surface area contributed by atoms with E-state index in [9.17, 15) is 29.4 Å². The lowest BCUT2D eigenvalue weighted by Crippen LogP contribution is -2.29. The molecular formula is C68H86O13. The number of carbonyl (C=O) groups is 4. The first-order valence-electron chi connectivity index (χ1n) is 27.0. The van der Waals surface area contributed by atoms with Crippen molar-refractivity contribution in [2.45, 2.75) is 183 Å². The minimum atomic E-state index is -1.06. The standard InChI is InChI=1S/C34H42O6.C24H26O2.C10H18O5/c1-31(2,3)39-29(35)37-27-18-14-23(15-19-27)33(7,8)25-12-11-13-26(22-25)34(9,10)24-16-20-28(21-17-24)38-30(36)40-32(4,5)6;1-23(2,17-8-12-21(25)13-9-17)19-6-5-7-20(16-19)24(3,4)18-10-14-22(26)15-11-18;1-9(2,3)14-7(11)13-8(12)15-10(4,5)6/h11-22H,1-10H3;5-16,25-26H,1-4H3;1-6H3. The van der Waals surface area contributed by atoms with E-state index in [1.165, 1.54) is 11.1 Å². The molecule has 0 saturated heterocycles. The summed E-state index contributed by atoms with van der Waals surface area (Å²) in [6, 6.07) is 47.2. The maximum Gasteiger partial charge on any atom is 0.519 e. The van der Waals surface area contributed by atoms with Gasteiger partial charge in [-0.1, -0.05) is 152 Å². The van der Waals surface area contributed by atoms with E-state index in [1.807, 2.05) is 48.5 Å². The van der Waals surface area contributed by atoms with Crippen molar-refractivity contribution in [1.82, 2.24) is 0 Å². The van der Waals surface area contributed by atoms with E-state index in [1.54, 1.807) is 132 Å². The smallest absolute Gasteiger partial charge is 0.508 e. The highest BCUT2D eigenvalue weighted by Crippen LogP contribution is 2.40. The highest BCUT2D eigenvalue weighted by atomic mass is 16.8. The first-order chi connectivity index (χ1) is 37.1. The van der Waals surface area contributed by atoms with Crippen LogP contribution in [0.15, 0.2) is 146 Å². The topological polar surface area (TPSA) is 173 Å². The minimum absolute atomic E-state index is 0.172. The molecule has 0 heterocycles. The molecule has 0 aromatic heterocycles. The lowest BCUT2D eigenvalue weighted by Gasteiger charge is -2.31. The second-order valence-corrected chi connectivity index (χ2v) is 26.0. The van der Waals surface area contributed by atoms with E-state index in [0.29, 0.717) is 11.5 Å². The molecule has 0 fully saturated rings. The number of aromatic hydroxyl groups is 2. The van der Waals surface area contributed by atoms with Gasteiger partial charge in [-0.2, -0.15) is 0 Å². The lowest BCUT2D eigenvalue weighted by molar-refractivity contribution is -0.0295. The summed E-state index contributed by atoms with van der Waals surface area (Å²) in [5.74, 6) is 1.43. The Kier molecular flexibility index (Phi) is 20.9. The zero-order valence-corrected chi connectivity index (χ0v) is 51.2. The van der Waals surface area contributed by atoms with E-state index < -0.39 is 47.0 Å². The molecule has 0 aliphatic rings. The Morgan fingerprint density at radius 3 is 0.716 bits per heavy atom. The second kappa shape index (κ2) is 25.8. The third-order valence-corrected chi connectivity index (χ3v) is 13.1. The summed E-state index contributed by atoms with van der Waals surface area (Å²) in [7, 11) is 0. The molecule has 0 saturated carbocycles. The summed E-state index contributed by atoms with van der Waals surface area (Å²) in [6.45, 7) is 38.3. The summed E-state index contributed by atoms with van der Waals surface area (Å²) in [6.07, 6.45) is -3.56. The van der Waals surface area contributed by atoms with Crippen LogP contribution in [0.3, 0.4) is 0 Å². The zero-order valence-electron chi connectivity index (χ0n) is 51.2. The Morgan fingerprint density at radius 1 is 0.284 bits per heavy atom. The third-order valence-electron chi connectivity index (χ3n) is 13.1. The number of benzene rings is 6. The van der Waals surface area contributed by atoms with E-state index in [-0.39, 0.29) is 33.2 Å². The molecule has 0 radical (unpaired) electrons. The number of hydrogen-bond acceptors (Lipinski definition) is 13. The van der Waals surface area contributed by atoms with Gasteiger partial charge in [0.2, 0.25) is 0 Å². The molecule has 6 aromatic rings. The van der Waals surface area contributed by atoms with Crippen LogP contribution in [0.4, 0.5) is 19.2 Å². The van der Waals surface area contributed by atoms with Gasteiger partial charge in [0.05, 0.1) is 0 Å². The fraction of sp³-hybridized carbons (Fsp3) is 0.412. The first kappa shape index (κ1) is 65.7. The largest absolute Gasteiger partial charge is 0.519 e. The molecular weight excluding hydrogens is 1020 g/mol. The Labute approximate surface area is 480 Å². The normalized spacial score (nSPS) is 12.2. The Balaban J connectivity index is 0.000000293. The fourth-order valence-electron chi connectivity index (χ4n) is 8.24. The van der Waals surface area contributed by atoms with E-state index >= 15 is 0 Å². The van der Waals surface area contributed by atoms with Crippen LogP contribution in [-0.4, -0.2) is 57.2 Å². The summed E-state index contributed by atoms with van der Waals surface area (Å²) < 4.78 is 34.9. The summed E-state index contributed by atoms with van der Waals surface area (Å²) >= 11 is 0. The molecule has 0 bridgehead atoms. The van der Waals surface area contributed by atoms with Crippen LogP contribution in [-0.2, 0) is 45.3 Å². The van der Waals surface area contributed by atoms with Crippen molar-refractivity contribution < 1.29 is 62.5 Å². The number of phenols is 2. The molecule has 6 rings (SSSR count). The van der Waals surface area contributed by atoms with Gasteiger partial charge in [-0.3, -0.25) is 0 Å². The third kappa shape index (κ3) is 20.4. The minimum Gasteiger partial charge on any atom is -0.508 e. The zero-order chi connectivity index (χ0) is 61.2. The van der Waals surface area contributed by atoms with Gasteiger partial charge in [-0.15, -0.1) is 0 Å². The Morgan fingerprint density at radius 2 is 0.494 bits per heavy atom. The molecule has 13 heteroatoms. The monoisotopic (exact) mass is 1110 g/mol. The Bertz CT molecular complexity index is 2850. The second-order valence-electron chi connectivity index (χ2n) is 26.0. The van der Waals surface area contributed by atoms with Crippen molar-refractivity contribution in [3.8, 4) is 23.0 Å². The van der Waals surface area contributed by atoms with E-state index in [2.05, 4.69) is 109 Å². The summed E-state index contributed by atoms with van der Waals surface area (Å²) in [5.41, 5.74) is 5.69. The van der Waals surface area contributed by atoms with Gasteiger partial charge < -0.3 is 43.4 Å². The van der Waals surface area contributed by atoms with Gasteiger partial charge in [0, 0.05) is 21.7 Å². The van der Waals surface area contributed by atoms with Gasteiger partial charge in [-0.25, -0.2) is 19.2 Å². The summed E-state index contributed by atoms with van der Waals surface area (Å²) in [5, 5.41) is 19.1. The van der Waals surface area contributed by atoms with Crippen LogP contribution in [0.2, 0.25) is 0 Å². The average molecular weight is 1110 g/mol. The Hall–Kier alpha value is -7.80. The van der Waals surface area contributed by atoms with Crippen molar-refractivity contribution in [2.24, 2.45) is 0 Å². The predicted octanol–water partition coefficient (Wildman–Crippen LogP) is 17.6. The van der Waals surface area contributed by atoms with Crippen molar-refractivity contribution in [3.63, 3.8) is 0 Å². The van der Waals surface area contributed by atoms with Crippen LogP contribution in [0.5, 0.6) is 23.0 Å². The average Bonchev–Trinajstić information content (AvgIpc) is 3.32. The van der Waals surface area contributed by atoms with Crippen molar-refractivity contribution in [1.29, 1.82) is 0 Å². The molecule has 436 valence electrons. The number of hydrogen-bond donors (Lipinski definition) is 2. The maximum absolute atomic E-state index is 12.0. The molecule has 0 aliphatic heterocycles. The van der Waals surface area contributed by atoms with E-state index in [0.717, 1.165) is 33.4 Å². The molecule has 0 atom stereocenters. The number of phenolic OH excluding ortho intramolecular Hbond substituents is 2. The molecule has 6 aromatic carbocycles.